The van der Waals surface area contributed by atoms with Gasteiger partial charge in [-0.25, -0.2) is 24.3 Å². The summed E-state index contributed by atoms with van der Waals surface area (Å²) in [6, 6.07) is 5.30. The molecule has 0 bridgehead atoms. The van der Waals surface area contributed by atoms with Crippen molar-refractivity contribution in [3.63, 3.8) is 0 Å². The molecule has 4 heterocycles. The minimum absolute atomic E-state index is 0.0208. The second kappa shape index (κ2) is 8.64. The van der Waals surface area contributed by atoms with E-state index in [9.17, 15) is 31.1 Å². The molecular formula is C25H21F6N7O. The van der Waals surface area contributed by atoms with Gasteiger partial charge in [0.05, 0.1) is 17.0 Å². The van der Waals surface area contributed by atoms with Crippen LogP contribution in [0.25, 0.3) is 17.2 Å². The Morgan fingerprint density at radius 2 is 1.69 bits per heavy atom. The van der Waals surface area contributed by atoms with Gasteiger partial charge in [-0.15, -0.1) is 0 Å². The molecule has 0 saturated carbocycles. The SMILES string of the molecule is Cc1nc2c(CCC(F)(F)C(F)(F)F)nc(-c3nc(N)c4c(n3)NC(=O)C4(C)c3ccc(F)cc3)cn2c1C. The molecule has 0 spiro atoms. The van der Waals surface area contributed by atoms with Crippen LogP contribution in [0.1, 0.15) is 41.6 Å². The molecule has 3 aromatic heterocycles. The van der Waals surface area contributed by atoms with Gasteiger partial charge >= 0.3 is 12.1 Å². The number of hydrogen-bond donors (Lipinski definition) is 2. The van der Waals surface area contributed by atoms with E-state index in [0.29, 0.717) is 17.0 Å². The smallest absolute Gasteiger partial charge is 0.383 e. The first kappa shape index (κ1) is 26.4. The molecule has 0 saturated heterocycles. The van der Waals surface area contributed by atoms with Gasteiger partial charge < -0.3 is 15.5 Å². The van der Waals surface area contributed by atoms with E-state index >= 15 is 0 Å². The van der Waals surface area contributed by atoms with Crippen LogP contribution in [0.2, 0.25) is 0 Å². The number of rotatable bonds is 5. The zero-order chi connectivity index (χ0) is 28.5. The van der Waals surface area contributed by atoms with Crippen LogP contribution in [-0.4, -0.2) is 42.3 Å². The van der Waals surface area contributed by atoms with Gasteiger partial charge in [-0.3, -0.25) is 4.79 Å². The molecule has 1 atom stereocenters. The lowest BCUT2D eigenvalue weighted by Crippen LogP contribution is -2.36. The Labute approximate surface area is 217 Å². The minimum Gasteiger partial charge on any atom is -0.383 e. The number of imidazole rings is 1. The number of aromatic nitrogens is 5. The fourth-order valence-corrected chi connectivity index (χ4v) is 4.61. The van der Waals surface area contributed by atoms with E-state index < -0.39 is 42.1 Å². The highest BCUT2D eigenvalue weighted by atomic mass is 19.4. The number of hydrogen-bond acceptors (Lipinski definition) is 6. The second-order valence-corrected chi connectivity index (χ2v) is 9.49. The first-order valence-electron chi connectivity index (χ1n) is 11.7. The molecule has 1 aliphatic heterocycles. The van der Waals surface area contributed by atoms with E-state index in [-0.39, 0.29) is 40.1 Å². The number of nitrogen functional groups attached to an aromatic ring is 1. The zero-order valence-corrected chi connectivity index (χ0v) is 20.8. The van der Waals surface area contributed by atoms with Crippen LogP contribution in [0.15, 0.2) is 30.5 Å². The number of aryl methyl sites for hydroxylation is 3. The summed E-state index contributed by atoms with van der Waals surface area (Å²) in [6.45, 7) is 4.94. The Kier molecular flexibility index (Phi) is 5.85. The van der Waals surface area contributed by atoms with Crippen LogP contribution in [0.4, 0.5) is 38.0 Å². The van der Waals surface area contributed by atoms with Gasteiger partial charge in [0.25, 0.3) is 0 Å². The Hall–Kier alpha value is -4.23. The molecule has 14 heteroatoms. The summed E-state index contributed by atoms with van der Waals surface area (Å²) < 4.78 is 80.8. The minimum atomic E-state index is -5.71. The summed E-state index contributed by atoms with van der Waals surface area (Å²) >= 11 is 0. The molecule has 1 amide bonds. The number of carbonyl (C=O) groups is 1. The van der Waals surface area contributed by atoms with E-state index in [4.69, 9.17) is 5.73 Å². The lowest BCUT2D eigenvalue weighted by atomic mass is 9.78. The molecule has 0 radical (unpaired) electrons. The predicted octanol–water partition coefficient (Wildman–Crippen LogP) is 4.91. The summed E-state index contributed by atoms with van der Waals surface area (Å²) in [5, 5.41) is 2.65. The molecule has 1 aromatic carbocycles. The predicted molar refractivity (Wildman–Crippen MR) is 129 cm³/mol. The number of benzene rings is 1. The highest BCUT2D eigenvalue weighted by molar-refractivity contribution is 6.09. The van der Waals surface area contributed by atoms with E-state index in [1.54, 1.807) is 20.8 Å². The van der Waals surface area contributed by atoms with Crippen molar-refractivity contribution < 1.29 is 31.1 Å². The van der Waals surface area contributed by atoms with Crippen LogP contribution in [-0.2, 0) is 16.6 Å². The number of fused-ring (bicyclic) bond motifs is 2. The van der Waals surface area contributed by atoms with E-state index in [1.807, 2.05) is 0 Å². The number of nitrogens with two attached hydrogens (primary N) is 1. The molecular weight excluding hydrogens is 528 g/mol. The molecule has 4 aromatic rings. The van der Waals surface area contributed by atoms with Crippen molar-refractivity contribution in [2.24, 2.45) is 0 Å². The number of amides is 1. The summed E-state index contributed by atoms with van der Waals surface area (Å²) in [7, 11) is 0. The normalized spacial score (nSPS) is 17.5. The van der Waals surface area contributed by atoms with Crippen molar-refractivity contribution in [1.82, 2.24) is 24.3 Å². The molecule has 0 aliphatic carbocycles. The van der Waals surface area contributed by atoms with Crippen molar-refractivity contribution in [2.75, 3.05) is 11.1 Å². The number of alkyl halides is 5. The largest absolute Gasteiger partial charge is 0.453 e. The Morgan fingerprint density at radius 3 is 2.33 bits per heavy atom. The lowest BCUT2D eigenvalue weighted by Gasteiger charge is -2.23. The maximum absolute atomic E-state index is 13.7. The number of nitrogens with one attached hydrogen (secondary N) is 1. The first-order valence-corrected chi connectivity index (χ1v) is 11.7. The fourth-order valence-electron chi connectivity index (χ4n) is 4.61. The highest BCUT2D eigenvalue weighted by Crippen LogP contribution is 2.45. The van der Waals surface area contributed by atoms with E-state index in [2.05, 4.69) is 25.3 Å². The van der Waals surface area contributed by atoms with E-state index in [0.717, 1.165) is 0 Å². The third kappa shape index (κ3) is 4.14. The summed E-state index contributed by atoms with van der Waals surface area (Å²) in [5.74, 6) is -6.02. The Balaban J connectivity index is 1.62. The molecule has 1 aliphatic rings. The van der Waals surface area contributed by atoms with Crippen LogP contribution in [0.3, 0.4) is 0 Å². The number of halogens is 6. The van der Waals surface area contributed by atoms with Crippen LogP contribution in [0.5, 0.6) is 0 Å². The fraction of sp³-hybridized carbons (Fsp3) is 0.320. The number of carbonyl (C=O) groups excluding carboxylic acids is 1. The quantitative estimate of drug-likeness (QED) is 0.342. The number of anilines is 2. The van der Waals surface area contributed by atoms with Gasteiger partial charge in [0.2, 0.25) is 5.91 Å². The van der Waals surface area contributed by atoms with Crippen molar-refractivity contribution >= 4 is 23.2 Å². The van der Waals surface area contributed by atoms with E-state index in [1.165, 1.54) is 34.9 Å². The molecule has 5 rings (SSSR count). The standard InChI is InChI=1S/C25H21F6N7O/c1-11-12(2)38-10-16(34-15(21(38)33-11)8-9-24(27,28)25(29,30)31)19-35-18(32)17-20(36-19)37-22(39)23(17,3)13-4-6-14(26)7-5-13/h4-7,10H,8-9H2,1-3H3,(H3,32,35,36,37,39). The third-order valence-electron chi connectivity index (χ3n) is 7.02. The monoisotopic (exact) mass is 549 g/mol. The Morgan fingerprint density at radius 1 is 1.03 bits per heavy atom. The van der Waals surface area contributed by atoms with Crippen molar-refractivity contribution in [3.8, 4) is 11.5 Å². The lowest BCUT2D eigenvalue weighted by molar-refractivity contribution is -0.284. The molecule has 39 heavy (non-hydrogen) atoms. The average Bonchev–Trinajstić information content (AvgIpc) is 3.29. The summed E-state index contributed by atoms with van der Waals surface area (Å²) in [6.07, 6.45) is -6.52. The molecule has 8 nitrogen and oxygen atoms in total. The maximum Gasteiger partial charge on any atom is 0.453 e. The first-order chi connectivity index (χ1) is 18.1. The second-order valence-electron chi connectivity index (χ2n) is 9.49. The topological polar surface area (TPSA) is 111 Å². The Bertz CT molecular complexity index is 1630. The van der Waals surface area contributed by atoms with Gasteiger partial charge in [-0.2, -0.15) is 22.0 Å². The van der Waals surface area contributed by atoms with Crippen LogP contribution in [0, 0.1) is 19.7 Å². The molecule has 204 valence electrons. The van der Waals surface area contributed by atoms with Crippen molar-refractivity contribution in [3.05, 3.63) is 64.5 Å². The molecule has 3 N–H and O–H groups in total. The van der Waals surface area contributed by atoms with Gasteiger partial charge in [0.1, 0.15) is 28.6 Å². The van der Waals surface area contributed by atoms with Gasteiger partial charge in [-0.05, 0) is 44.9 Å². The third-order valence-corrected chi connectivity index (χ3v) is 7.02. The zero-order valence-electron chi connectivity index (χ0n) is 20.8. The average molecular weight is 549 g/mol. The summed E-state index contributed by atoms with van der Waals surface area (Å²) in [5.41, 5.74) is 6.79. The van der Waals surface area contributed by atoms with Crippen molar-refractivity contribution in [1.29, 1.82) is 0 Å². The van der Waals surface area contributed by atoms with Crippen molar-refractivity contribution in [2.45, 2.75) is 51.1 Å². The molecule has 1 unspecified atom stereocenters. The van der Waals surface area contributed by atoms with Gasteiger partial charge in [0, 0.05) is 18.3 Å². The van der Waals surface area contributed by atoms with Crippen LogP contribution >= 0.6 is 0 Å². The van der Waals surface area contributed by atoms with Crippen LogP contribution < -0.4 is 11.1 Å². The van der Waals surface area contributed by atoms with Gasteiger partial charge in [0.15, 0.2) is 11.5 Å². The number of nitrogens with zero attached hydrogens (tertiary/aromatic N) is 5. The summed E-state index contributed by atoms with van der Waals surface area (Å²) in [4.78, 5) is 30.3. The van der Waals surface area contributed by atoms with Gasteiger partial charge in [-0.1, -0.05) is 12.1 Å². The molecule has 0 fully saturated rings. The maximum atomic E-state index is 13.7. The highest BCUT2D eigenvalue weighted by Gasteiger charge is 2.56.